The number of carbonyl (C=O) groups excluding carboxylic acids is 1. The molecular weight excluding hydrogens is 214 g/mol. The Balaban J connectivity index is 1.59. The average Bonchev–Trinajstić information content (AvgIpc) is 3.02. The van der Waals surface area contributed by atoms with E-state index in [2.05, 4.69) is 22.6 Å². The van der Waals surface area contributed by atoms with Crippen LogP contribution in [-0.2, 0) is 4.79 Å². The van der Waals surface area contributed by atoms with Crippen molar-refractivity contribution in [1.29, 1.82) is 0 Å². The number of likely N-dealkylation sites (N-methyl/N-ethyl adjacent to an activating group) is 1. The molecule has 0 aromatic heterocycles. The zero-order valence-electron chi connectivity index (χ0n) is 10.9. The van der Waals surface area contributed by atoms with Gasteiger partial charge < -0.3 is 15.5 Å². The SMILES string of the molecule is CN(CCNC(=O)C1CCNC1)C1CCCC1. The van der Waals surface area contributed by atoms with Crippen LogP contribution in [0.1, 0.15) is 32.1 Å². The molecule has 17 heavy (non-hydrogen) atoms. The summed E-state index contributed by atoms with van der Waals surface area (Å²) in [5.41, 5.74) is 0. The third kappa shape index (κ3) is 3.68. The van der Waals surface area contributed by atoms with Crippen LogP contribution >= 0.6 is 0 Å². The van der Waals surface area contributed by atoms with Gasteiger partial charge in [-0.1, -0.05) is 12.8 Å². The lowest BCUT2D eigenvalue weighted by Crippen LogP contribution is -2.39. The fourth-order valence-electron chi connectivity index (χ4n) is 2.91. The molecule has 2 rings (SSSR count). The van der Waals surface area contributed by atoms with Crippen LogP contribution < -0.4 is 10.6 Å². The number of nitrogens with one attached hydrogen (secondary N) is 2. The molecule has 1 aliphatic carbocycles. The van der Waals surface area contributed by atoms with E-state index in [1.165, 1.54) is 25.7 Å². The minimum Gasteiger partial charge on any atom is -0.355 e. The molecule has 1 amide bonds. The second kappa shape index (κ2) is 6.36. The zero-order chi connectivity index (χ0) is 12.1. The Morgan fingerprint density at radius 2 is 2.12 bits per heavy atom. The summed E-state index contributed by atoms with van der Waals surface area (Å²) in [7, 11) is 2.18. The second-order valence-corrected chi connectivity index (χ2v) is 5.40. The molecule has 1 saturated heterocycles. The maximum Gasteiger partial charge on any atom is 0.224 e. The Morgan fingerprint density at radius 1 is 1.35 bits per heavy atom. The van der Waals surface area contributed by atoms with Gasteiger partial charge in [-0.05, 0) is 32.9 Å². The molecular formula is C13H25N3O. The largest absolute Gasteiger partial charge is 0.355 e. The maximum atomic E-state index is 11.8. The van der Waals surface area contributed by atoms with Crippen LogP contribution in [0.15, 0.2) is 0 Å². The van der Waals surface area contributed by atoms with Gasteiger partial charge in [-0.3, -0.25) is 4.79 Å². The molecule has 4 heteroatoms. The molecule has 4 nitrogen and oxygen atoms in total. The first-order valence-corrected chi connectivity index (χ1v) is 6.96. The van der Waals surface area contributed by atoms with E-state index in [0.717, 1.165) is 38.6 Å². The van der Waals surface area contributed by atoms with E-state index >= 15 is 0 Å². The third-order valence-electron chi connectivity index (χ3n) is 4.14. The van der Waals surface area contributed by atoms with Gasteiger partial charge in [-0.15, -0.1) is 0 Å². The van der Waals surface area contributed by atoms with Crippen molar-refractivity contribution >= 4 is 5.91 Å². The first-order chi connectivity index (χ1) is 8.27. The Morgan fingerprint density at radius 3 is 2.76 bits per heavy atom. The van der Waals surface area contributed by atoms with Crippen LogP contribution in [0, 0.1) is 5.92 Å². The van der Waals surface area contributed by atoms with E-state index in [9.17, 15) is 4.79 Å². The van der Waals surface area contributed by atoms with Gasteiger partial charge in [0.15, 0.2) is 0 Å². The van der Waals surface area contributed by atoms with Crippen molar-refractivity contribution in [2.24, 2.45) is 5.92 Å². The summed E-state index contributed by atoms with van der Waals surface area (Å²) in [5, 5.41) is 6.28. The molecule has 1 unspecified atom stereocenters. The maximum absolute atomic E-state index is 11.8. The highest BCUT2D eigenvalue weighted by atomic mass is 16.1. The van der Waals surface area contributed by atoms with Crippen molar-refractivity contribution in [3.8, 4) is 0 Å². The van der Waals surface area contributed by atoms with Gasteiger partial charge in [0, 0.05) is 25.7 Å². The van der Waals surface area contributed by atoms with Crippen molar-refractivity contribution in [1.82, 2.24) is 15.5 Å². The summed E-state index contributed by atoms with van der Waals surface area (Å²) in [6.07, 6.45) is 6.39. The molecule has 2 fully saturated rings. The lowest BCUT2D eigenvalue weighted by molar-refractivity contribution is -0.124. The van der Waals surface area contributed by atoms with E-state index in [0.29, 0.717) is 0 Å². The summed E-state index contributed by atoms with van der Waals surface area (Å²) in [4.78, 5) is 14.2. The molecule has 1 saturated carbocycles. The van der Waals surface area contributed by atoms with E-state index < -0.39 is 0 Å². The third-order valence-corrected chi connectivity index (χ3v) is 4.14. The highest BCUT2D eigenvalue weighted by Gasteiger charge is 2.22. The molecule has 2 N–H and O–H groups in total. The number of amides is 1. The first kappa shape index (κ1) is 12.8. The average molecular weight is 239 g/mol. The lowest BCUT2D eigenvalue weighted by atomic mass is 10.1. The highest BCUT2D eigenvalue weighted by molar-refractivity contribution is 5.79. The van der Waals surface area contributed by atoms with Gasteiger partial charge in [0.05, 0.1) is 5.92 Å². The molecule has 1 heterocycles. The fraction of sp³-hybridized carbons (Fsp3) is 0.923. The summed E-state index contributed by atoms with van der Waals surface area (Å²) < 4.78 is 0. The summed E-state index contributed by atoms with van der Waals surface area (Å²) in [5.74, 6) is 0.432. The quantitative estimate of drug-likeness (QED) is 0.738. The van der Waals surface area contributed by atoms with E-state index in [4.69, 9.17) is 0 Å². The van der Waals surface area contributed by atoms with Crippen LogP contribution in [0.5, 0.6) is 0 Å². The normalized spacial score (nSPS) is 25.6. The molecule has 2 aliphatic rings. The molecule has 0 bridgehead atoms. The predicted molar refractivity (Wildman–Crippen MR) is 68.9 cm³/mol. The van der Waals surface area contributed by atoms with Gasteiger partial charge >= 0.3 is 0 Å². The monoisotopic (exact) mass is 239 g/mol. The summed E-state index contributed by atoms with van der Waals surface area (Å²) >= 11 is 0. The van der Waals surface area contributed by atoms with E-state index in [1.807, 2.05) is 0 Å². The standard InChI is InChI=1S/C13H25N3O/c1-16(12-4-2-3-5-12)9-8-15-13(17)11-6-7-14-10-11/h11-12,14H,2-10H2,1H3,(H,15,17). The minimum absolute atomic E-state index is 0.201. The number of hydrogen-bond donors (Lipinski definition) is 2. The predicted octanol–water partition coefficient (Wildman–Crippen LogP) is 0.587. The van der Waals surface area contributed by atoms with Gasteiger partial charge in [0.1, 0.15) is 0 Å². The fourth-order valence-corrected chi connectivity index (χ4v) is 2.91. The van der Waals surface area contributed by atoms with Crippen molar-refractivity contribution in [2.75, 3.05) is 33.2 Å². The number of hydrogen-bond acceptors (Lipinski definition) is 3. The van der Waals surface area contributed by atoms with E-state index in [-0.39, 0.29) is 11.8 Å². The minimum atomic E-state index is 0.201. The Bertz CT molecular complexity index is 245. The van der Waals surface area contributed by atoms with Crippen LogP contribution in [-0.4, -0.2) is 50.1 Å². The molecule has 0 aromatic carbocycles. The number of nitrogens with zero attached hydrogens (tertiary/aromatic N) is 1. The zero-order valence-corrected chi connectivity index (χ0v) is 10.9. The van der Waals surface area contributed by atoms with Crippen LogP contribution in [0.25, 0.3) is 0 Å². The van der Waals surface area contributed by atoms with Gasteiger partial charge in [0.2, 0.25) is 5.91 Å². The topological polar surface area (TPSA) is 44.4 Å². The smallest absolute Gasteiger partial charge is 0.224 e. The molecule has 1 atom stereocenters. The van der Waals surface area contributed by atoms with Crippen molar-refractivity contribution in [3.05, 3.63) is 0 Å². The second-order valence-electron chi connectivity index (χ2n) is 5.40. The molecule has 1 aliphatic heterocycles. The number of rotatable bonds is 5. The summed E-state index contributed by atoms with van der Waals surface area (Å²) in [6, 6.07) is 0.750. The Labute approximate surface area is 104 Å². The van der Waals surface area contributed by atoms with Gasteiger partial charge in [-0.25, -0.2) is 0 Å². The van der Waals surface area contributed by atoms with Crippen molar-refractivity contribution < 1.29 is 4.79 Å². The molecule has 0 spiro atoms. The van der Waals surface area contributed by atoms with Crippen LogP contribution in [0.4, 0.5) is 0 Å². The van der Waals surface area contributed by atoms with Crippen LogP contribution in [0.3, 0.4) is 0 Å². The first-order valence-electron chi connectivity index (χ1n) is 6.96. The van der Waals surface area contributed by atoms with Gasteiger partial charge in [0.25, 0.3) is 0 Å². The molecule has 0 radical (unpaired) electrons. The lowest BCUT2D eigenvalue weighted by Gasteiger charge is -2.24. The van der Waals surface area contributed by atoms with Crippen molar-refractivity contribution in [2.45, 2.75) is 38.1 Å². The van der Waals surface area contributed by atoms with Crippen molar-refractivity contribution in [3.63, 3.8) is 0 Å². The van der Waals surface area contributed by atoms with Gasteiger partial charge in [-0.2, -0.15) is 0 Å². The Kier molecular flexibility index (Phi) is 4.80. The molecule has 98 valence electrons. The number of carbonyl (C=O) groups is 1. The molecule has 0 aromatic rings. The van der Waals surface area contributed by atoms with Crippen LogP contribution in [0.2, 0.25) is 0 Å². The summed E-state index contributed by atoms with van der Waals surface area (Å²) in [6.45, 7) is 3.61. The Hall–Kier alpha value is -0.610. The highest BCUT2D eigenvalue weighted by Crippen LogP contribution is 2.21. The van der Waals surface area contributed by atoms with E-state index in [1.54, 1.807) is 0 Å².